The van der Waals surface area contributed by atoms with Crippen molar-refractivity contribution < 1.29 is 0 Å². The van der Waals surface area contributed by atoms with Crippen LogP contribution >= 0.6 is 0 Å². The van der Waals surface area contributed by atoms with Crippen molar-refractivity contribution in [2.24, 2.45) is 13.0 Å². The first-order chi connectivity index (χ1) is 8.24. The van der Waals surface area contributed by atoms with Crippen LogP contribution in [0.15, 0.2) is 23.4 Å². The van der Waals surface area contributed by atoms with Crippen molar-refractivity contribution >= 4 is 0 Å². The first-order valence-corrected chi connectivity index (χ1v) is 5.80. The molecule has 17 heavy (non-hydrogen) atoms. The molecule has 88 valence electrons. The molecule has 0 saturated heterocycles. The molecule has 0 spiro atoms. The van der Waals surface area contributed by atoms with Crippen molar-refractivity contribution in [3.8, 4) is 11.3 Å². The normalized spacial score (nSPS) is 15.1. The van der Waals surface area contributed by atoms with E-state index in [1.54, 1.807) is 6.20 Å². The highest BCUT2D eigenvalue weighted by atomic mass is 16.1. The molecule has 1 saturated carbocycles. The average Bonchev–Trinajstić information content (AvgIpc) is 3.04. The van der Waals surface area contributed by atoms with E-state index in [-0.39, 0.29) is 5.56 Å². The van der Waals surface area contributed by atoms with E-state index in [2.05, 4.69) is 15.1 Å². The van der Waals surface area contributed by atoms with E-state index in [4.69, 9.17) is 0 Å². The minimum absolute atomic E-state index is 0.128. The molecule has 5 heteroatoms. The summed E-state index contributed by atoms with van der Waals surface area (Å²) in [6, 6.07) is 1.52. The Hall–Kier alpha value is -1.91. The van der Waals surface area contributed by atoms with Crippen molar-refractivity contribution in [3.63, 3.8) is 0 Å². The van der Waals surface area contributed by atoms with Crippen molar-refractivity contribution in [1.82, 2.24) is 19.7 Å². The number of aromatic amines is 1. The smallest absolute Gasteiger partial charge is 0.251 e. The van der Waals surface area contributed by atoms with Gasteiger partial charge in [0.2, 0.25) is 0 Å². The number of hydrogen-bond donors (Lipinski definition) is 1. The highest BCUT2D eigenvalue weighted by Crippen LogP contribution is 2.34. The van der Waals surface area contributed by atoms with Crippen LogP contribution < -0.4 is 5.56 Å². The van der Waals surface area contributed by atoms with Crippen molar-refractivity contribution in [2.45, 2.75) is 19.3 Å². The van der Waals surface area contributed by atoms with Gasteiger partial charge >= 0.3 is 0 Å². The molecule has 0 radical (unpaired) electrons. The van der Waals surface area contributed by atoms with Gasteiger partial charge in [-0.25, -0.2) is 4.98 Å². The number of H-pyrrole nitrogens is 1. The molecular weight excluding hydrogens is 216 g/mol. The first-order valence-electron chi connectivity index (χ1n) is 5.80. The quantitative estimate of drug-likeness (QED) is 0.859. The molecule has 0 aromatic carbocycles. The van der Waals surface area contributed by atoms with Gasteiger partial charge in [-0.1, -0.05) is 0 Å². The Kier molecular flexibility index (Phi) is 2.31. The van der Waals surface area contributed by atoms with E-state index in [9.17, 15) is 4.79 Å². The van der Waals surface area contributed by atoms with Crippen LogP contribution in [0.1, 0.15) is 18.5 Å². The largest absolute Gasteiger partial charge is 0.313 e. The molecule has 2 aromatic heterocycles. The van der Waals surface area contributed by atoms with E-state index >= 15 is 0 Å². The lowest BCUT2D eigenvalue weighted by Gasteiger charge is -2.04. The number of nitrogens with zero attached hydrogens (tertiary/aromatic N) is 3. The molecule has 5 nitrogen and oxygen atoms in total. The highest BCUT2D eigenvalue weighted by Gasteiger charge is 2.25. The van der Waals surface area contributed by atoms with Gasteiger partial charge < -0.3 is 4.98 Å². The molecule has 1 aliphatic carbocycles. The predicted octanol–water partition coefficient (Wildman–Crippen LogP) is 1.12. The Morgan fingerprint density at radius 2 is 2.35 bits per heavy atom. The van der Waals surface area contributed by atoms with Crippen LogP contribution in [0, 0.1) is 5.92 Å². The standard InChI is InChI=1S/C12H14N4O/c1-16-11(4-8-2-3-8)9(6-15-16)10-5-12(17)14-7-13-10/h5-8H,2-4H2,1H3,(H,13,14,17). The minimum Gasteiger partial charge on any atom is -0.313 e. The van der Waals surface area contributed by atoms with Crippen molar-refractivity contribution in [1.29, 1.82) is 0 Å². The monoisotopic (exact) mass is 230 g/mol. The minimum atomic E-state index is -0.128. The van der Waals surface area contributed by atoms with Crippen LogP contribution in [0.3, 0.4) is 0 Å². The highest BCUT2D eigenvalue weighted by molar-refractivity contribution is 5.60. The molecule has 1 N–H and O–H groups in total. The fourth-order valence-corrected chi connectivity index (χ4v) is 2.03. The molecule has 2 aromatic rings. The van der Waals surface area contributed by atoms with E-state index < -0.39 is 0 Å². The Labute approximate surface area is 98.5 Å². The maximum Gasteiger partial charge on any atom is 0.251 e. The van der Waals surface area contributed by atoms with Gasteiger partial charge in [0.1, 0.15) is 0 Å². The Balaban J connectivity index is 2.04. The summed E-state index contributed by atoms with van der Waals surface area (Å²) < 4.78 is 1.89. The van der Waals surface area contributed by atoms with Crippen LogP contribution in [-0.2, 0) is 13.5 Å². The summed E-state index contributed by atoms with van der Waals surface area (Å²) in [5.41, 5.74) is 2.73. The van der Waals surface area contributed by atoms with E-state index in [1.807, 2.05) is 11.7 Å². The first kappa shape index (κ1) is 10.3. The molecule has 0 bridgehead atoms. The zero-order valence-electron chi connectivity index (χ0n) is 9.68. The second-order valence-corrected chi connectivity index (χ2v) is 4.57. The lowest BCUT2D eigenvalue weighted by atomic mass is 10.1. The predicted molar refractivity (Wildman–Crippen MR) is 63.5 cm³/mol. The van der Waals surface area contributed by atoms with Crippen molar-refractivity contribution in [3.05, 3.63) is 34.6 Å². The topological polar surface area (TPSA) is 63.6 Å². The number of hydrogen-bond acceptors (Lipinski definition) is 3. The van der Waals surface area contributed by atoms with Gasteiger partial charge in [-0.05, 0) is 25.2 Å². The molecule has 0 amide bonds. The van der Waals surface area contributed by atoms with Gasteiger partial charge in [0.25, 0.3) is 5.56 Å². The third-order valence-corrected chi connectivity index (χ3v) is 3.19. The van der Waals surface area contributed by atoms with Gasteiger partial charge in [0.05, 0.1) is 18.2 Å². The van der Waals surface area contributed by atoms with Gasteiger partial charge in [-0.2, -0.15) is 5.10 Å². The summed E-state index contributed by atoms with van der Waals surface area (Å²) in [4.78, 5) is 18.0. The third kappa shape index (κ3) is 2.00. The average molecular weight is 230 g/mol. The molecule has 0 unspecified atom stereocenters. The summed E-state index contributed by atoms with van der Waals surface area (Å²) in [5, 5.41) is 4.27. The fourth-order valence-electron chi connectivity index (χ4n) is 2.03. The molecule has 3 rings (SSSR count). The zero-order valence-corrected chi connectivity index (χ0v) is 9.68. The Morgan fingerprint density at radius 1 is 1.53 bits per heavy atom. The van der Waals surface area contributed by atoms with Crippen LogP contribution in [0.25, 0.3) is 11.3 Å². The number of nitrogens with one attached hydrogen (secondary N) is 1. The lowest BCUT2D eigenvalue weighted by Crippen LogP contribution is -2.06. The van der Waals surface area contributed by atoms with Crippen LogP contribution in [0.4, 0.5) is 0 Å². The lowest BCUT2D eigenvalue weighted by molar-refractivity contribution is 0.677. The summed E-state index contributed by atoms with van der Waals surface area (Å²) in [7, 11) is 1.94. The van der Waals surface area contributed by atoms with E-state index in [1.165, 1.54) is 30.9 Å². The Bertz CT molecular complexity index is 595. The van der Waals surface area contributed by atoms with Crippen LogP contribution in [0.5, 0.6) is 0 Å². The van der Waals surface area contributed by atoms with E-state index in [0.717, 1.165) is 17.9 Å². The number of aryl methyl sites for hydroxylation is 1. The van der Waals surface area contributed by atoms with Crippen LogP contribution in [0.2, 0.25) is 0 Å². The summed E-state index contributed by atoms with van der Waals surface area (Å²) in [6.45, 7) is 0. The summed E-state index contributed by atoms with van der Waals surface area (Å²) >= 11 is 0. The van der Waals surface area contributed by atoms with Crippen LogP contribution in [-0.4, -0.2) is 19.7 Å². The zero-order chi connectivity index (χ0) is 11.8. The van der Waals surface area contributed by atoms with Crippen molar-refractivity contribution in [2.75, 3.05) is 0 Å². The second kappa shape index (κ2) is 3.84. The third-order valence-electron chi connectivity index (χ3n) is 3.19. The van der Waals surface area contributed by atoms with Gasteiger partial charge in [-0.3, -0.25) is 9.48 Å². The molecular formula is C12H14N4O. The fraction of sp³-hybridized carbons (Fsp3) is 0.417. The SMILES string of the molecule is Cn1ncc(-c2cc(=O)[nH]cn2)c1CC1CC1. The maximum absolute atomic E-state index is 11.3. The maximum atomic E-state index is 11.3. The van der Waals surface area contributed by atoms with Gasteiger partial charge in [-0.15, -0.1) is 0 Å². The van der Waals surface area contributed by atoms with E-state index in [0.29, 0.717) is 5.69 Å². The molecule has 1 aliphatic rings. The second-order valence-electron chi connectivity index (χ2n) is 4.57. The van der Waals surface area contributed by atoms with Gasteiger partial charge in [0.15, 0.2) is 0 Å². The molecule has 0 aliphatic heterocycles. The number of rotatable bonds is 3. The molecule has 2 heterocycles. The Morgan fingerprint density at radius 3 is 3.06 bits per heavy atom. The molecule has 0 atom stereocenters. The van der Waals surface area contributed by atoms with Gasteiger partial charge in [0, 0.05) is 24.4 Å². The summed E-state index contributed by atoms with van der Waals surface area (Å²) in [5.74, 6) is 0.783. The summed E-state index contributed by atoms with van der Waals surface area (Å²) in [6.07, 6.45) is 6.85. The molecule has 1 fully saturated rings. The number of aromatic nitrogens is 4.